The molecular formula is C25H25NO4S. The highest BCUT2D eigenvalue weighted by molar-refractivity contribution is 7.99. The number of benzene rings is 3. The van der Waals surface area contributed by atoms with Crippen LogP contribution in [0.3, 0.4) is 0 Å². The summed E-state index contributed by atoms with van der Waals surface area (Å²) in [5, 5.41) is 11.6. The first-order valence-electron chi connectivity index (χ1n) is 9.93. The SMILES string of the molecule is Cc1ccc(Sc2ccc(C(=O)OCc3ccc(C(C)(C)C)cc3)cc2[N+](=O)[O-])cc1. The molecule has 160 valence electrons. The Morgan fingerprint density at radius 1 is 1.00 bits per heavy atom. The standard InChI is InChI=1S/C25H25NO4S/c1-17-5-12-21(13-6-17)31-23-14-9-19(15-22(23)26(28)29)24(27)30-16-18-7-10-20(11-8-18)25(2,3)4/h5-15H,16H2,1-4H3. The predicted octanol–water partition coefficient (Wildman–Crippen LogP) is 6.71. The highest BCUT2D eigenvalue weighted by Gasteiger charge is 2.19. The van der Waals surface area contributed by atoms with E-state index in [1.54, 1.807) is 12.1 Å². The number of nitro groups is 1. The number of esters is 1. The number of nitrogens with zero attached hydrogens (tertiary/aromatic N) is 1. The maximum absolute atomic E-state index is 12.5. The van der Waals surface area contributed by atoms with Crippen molar-refractivity contribution < 1.29 is 14.5 Å². The van der Waals surface area contributed by atoms with Crippen LogP contribution in [-0.4, -0.2) is 10.9 Å². The van der Waals surface area contributed by atoms with Crippen molar-refractivity contribution in [1.29, 1.82) is 0 Å². The first-order valence-corrected chi connectivity index (χ1v) is 10.7. The lowest BCUT2D eigenvalue weighted by Gasteiger charge is -2.19. The molecule has 0 unspecified atom stereocenters. The second kappa shape index (κ2) is 9.35. The molecule has 0 aliphatic rings. The van der Waals surface area contributed by atoms with Gasteiger partial charge in [-0.1, -0.05) is 74.5 Å². The fraction of sp³-hybridized carbons (Fsp3) is 0.240. The molecule has 5 nitrogen and oxygen atoms in total. The van der Waals surface area contributed by atoms with Crippen LogP contribution in [0.25, 0.3) is 0 Å². The second-order valence-electron chi connectivity index (χ2n) is 8.38. The molecule has 31 heavy (non-hydrogen) atoms. The van der Waals surface area contributed by atoms with Gasteiger partial charge in [0, 0.05) is 11.0 Å². The summed E-state index contributed by atoms with van der Waals surface area (Å²) < 4.78 is 5.38. The van der Waals surface area contributed by atoms with Gasteiger partial charge in [0.15, 0.2) is 0 Å². The van der Waals surface area contributed by atoms with Crippen LogP contribution < -0.4 is 0 Å². The molecule has 0 amide bonds. The molecule has 0 aliphatic carbocycles. The third-order valence-electron chi connectivity index (χ3n) is 4.83. The lowest BCUT2D eigenvalue weighted by atomic mass is 9.87. The zero-order chi connectivity index (χ0) is 22.6. The van der Waals surface area contributed by atoms with Crippen molar-refractivity contribution in [2.75, 3.05) is 0 Å². The van der Waals surface area contributed by atoms with E-state index in [9.17, 15) is 14.9 Å². The zero-order valence-corrected chi connectivity index (χ0v) is 18.9. The van der Waals surface area contributed by atoms with Crippen LogP contribution >= 0.6 is 11.8 Å². The monoisotopic (exact) mass is 435 g/mol. The molecule has 0 atom stereocenters. The molecule has 3 rings (SSSR count). The number of carbonyl (C=O) groups is 1. The van der Waals surface area contributed by atoms with Crippen molar-refractivity contribution in [1.82, 2.24) is 0 Å². The second-order valence-corrected chi connectivity index (χ2v) is 9.49. The van der Waals surface area contributed by atoms with Gasteiger partial charge in [-0.2, -0.15) is 0 Å². The summed E-state index contributed by atoms with van der Waals surface area (Å²) in [7, 11) is 0. The normalized spacial score (nSPS) is 11.2. The third kappa shape index (κ3) is 5.95. The Kier molecular flexibility index (Phi) is 6.81. The van der Waals surface area contributed by atoms with Gasteiger partial charge < -0.3 is 4.74 Å². The van der Waals surface area contributed by atoms with E-state index in [2.05, 4.69) is 20.8 Å². The van der Waals surface area contributed by atoms with Crippen molar-refractivity contribution in [3.63, 3.8) is 0 Å². The molecule has 0 aromatic heterocycles. The molecule has 0 radical (unpaired) electrons. The van der Waals surface area contributed by atoms with Crippen molar-refractivity contribution in [2.45, 2.75) is 49.5 Å². The van der Waals surface area contributed by atoms with Crippen LogP contribution in [0.5, 0.6) is 0 Å². The lowest BCUT2D eigenvalue weighted by Crippen LogP contribution is -2.11. The molecule has 3 aromatic carbocycles. The minimum atomic E-state index is -0.588. The van der Waals surface area contributed by atoms with Crippen molar-refractivity contribution >= 4 is 23.4 Å². The Morgan fingerprint density at radius 3 is 2.23 bits per heavy atom. The third-order valence-corrected chi connectivity index (χ3v) is 5.90. The van der Waals surface area contributed by atoms with Crippen LogP contribution in [-0.2, 0) is 16.8 Å². The average Bonchev–Trinajstić information content (AvgIpc) is 2.73. The highest BCUT2D eigenvalue weighted by Crippen LogP contribution is 2.35. The van der Waals surface area contributed by atoms with Crippen LogP contribution in [0.1, 0.15) is 47.8 Å². The minimum Gasteiger partial charge on any atom is -0.457 e. The van der Waals surface area contributed by atoms with Gasteiger partial charge in [-0.05, 0) is 47.7 Å². The van der Waals surface area contributed by atoms with E-state index < -0.39 is 10.9 Å². The van der Waals surface area contributed by atoms with E-state index in [1.807, 2.05) is 55.5 Å². The summed E-state index contributed by atoms with van der Waals surface area (Å²) >= 11 is 1.29. The van der Waals surface area contributed by atoms with Gasteiger partial charge in [-0.3, -0.25) is 10.1 Å². The highest BCUT2D eigenvalue weighted by atomic mass is 32.2. The van der Waals surface area contributed by atoms with Crippen LogP contribution in [0.4, 0.5) is 5.69 Å². The summed E-state index contributed by atoms with van der Waals surface area (Å²) in [6.07, 6.45) is 0. The number of ether oxygens (including phenoxy) is 1. The summed E-state index contributed by atoms with van der Waals surface area (Å²) in [5.41, 5.74) is 3.26. The largest absolute Gasteiger partial charge is 0.457 e. The van der Waals surface area contributed by atoms with E-state index in [4.69, 9.17) is 4.74 Å². The summed E-state index contributed by atoms with van der Waals surface area (Å²) in [4.78, 5) is 24.9. The Balaban J connectivity index is 1.71. The summed E-state index contributed by atoms with van der Waals surface area (Å²) in [6.45, 7) is 8.49. The van der Waals surface area contributed by atoms with E-state index in [-0.39, 0.29) is 23.3 Å². The van der Waals surface area contributed by atoms with E-state index in [0.29, 0.717) is 4.90 Å². The molecule has 0 saturated carbocycles. The predicted molar refractivity (Wildman–Crippen MR) is 123 cm³/mol. The summed E-state index contributed by atoms with van der Waals surface area (Å²) in [6, 6.07) is 20.1. The molecule has 0 saturated heterocycles. The number of hydrogen-bond donors (Lipinski definition) is 0. The Labute approximate surface area is 186 Å². The Morgan fingerprint density at radius 2 is 1.65 bits per heavy atom. The number of rotatable bonds is 6. The Hall–Kier alpha value is -3.12. The fourth-order valence-corrected chi connectivity index (χ4v) is 3.84. The van der Waals surface area contributed by atoms with E-state index in [1.165, 1.54) is 23.4 Å². The van der Waals surface area contributed by atoms with Gasteiger partial charge in [0.2, 0.25) is 0 Å². The van der Waals surface area contributed by atoms with E-state index in [0.717, 1.165) is 16.0 Å². The quantitative estimate of drug-likeness (QED) is 0.244. The first kappa shape index (κ1) is 22.6. The van der Waals surface area contributed by atoms with E-state index >= 15 is 0 Å². The van der Waals surface area contributed by atoms with Gasteiger partial charge in [0.25, 0.3) is 5.69 Å². The molecule has 0 N–H and O–H groups in total. The molecular weight excluding hydrogens is 410 g/mol. The number of aryl methyl sites for hydroxylation is 1. The van der Waals surface area contributed by atoms with Crippen LogP contribution in [0.2, 0.25) is 0 Å². The van der Waals surface area contributed by atoms with Crippen LogP contribution in [0, 0.1) is 17.0 Å². The smallest absolute Gasteiger partial charge is 0.338 e. The molecule has 0 spiro atoms. The van der Waals surface area contributed by atoms with Crippen molar-refractivity contribution in [2.24, 2.45) is 0 Å². The fourth-order valence-electron chi connectivity index (χ4n) is 2.94. The minimum absolute atomic E-state index is 0.0481. The molecule has 0 bridgehead atoms. The summed E-state index contributed by atoms with van der Waals surface area (Å²) in [5.74, 6) is -0.588. The number of carbonyl (C=O) groups excluding carboxylic acids is 1. The Bertz CT molecular complexity index is 1080. The lowest BCUT2D eigenvalue weighted by molar-refractivity contribution is -0.387. The topological polar surface area (TPSA) is 69.4 Å². The zero-order valence-electron chi connectivity index (χ0n) is 18.0. The van der Waals surface area contributed by atoms with Gasteiger partial charge in [-0.15, -0.1) is 0 Å². The van der Waals surface area contributed by atoms with Gasteiger partial charge >= 0.3 is 5.97 Å². The van der Waals surface area contributed by atoms with Crippen molar-refractivity contribution in [3.05, 3.63) is 99.1 Å². The van der Waals surface area contributed by atoms with Crippen molar-refractivity contribution in [3.8, 4) is 0 Å². The average molecular weight is 436 g/mol. The van der Waals surface area contributed by atoms with Gasteiger partial charge in [-0.25, -0.2) is 4.79 Å². The molecule has 0 heterocycles. The molecule has 3 aromatic rings. The van der Waals surface area contributed by atoms with Gasteiger partial charge in [0.1, 0.15) is 6.61 Å². The molecule has 0 fully saturated rings. The molecule has 0 aliphatic heterocycles. The maximum atomic E-state index is 12.5. The molecule has 6 heteroatoms. The first-order chi connectivity index (χ1) is 14.6. The maximum Gasteiger partial charge on any atom is 0.338 e. The number of nitro benzene ring substituents is 1. The number of hydrogen-bond acceptors (Lipinski definition) is 5. The van der Waals surface area contributed by atoms with Crippen LogP contribution in [0.15, 0.2) is 76.5 Å². The van der Waals surface area contributed by atoms with Gasteiger partial charge in [0.05, 0.1) is 15.4 Å².